The fourth-order valence-corrected chi connectivity index (χ4v) is 1.89. The van der Waals surface area contributed by atoms with Crippen molar-refractivity contribution in [3.63, 3.8) is 0 Å². The first kappa shape index (κ1) is 12.8. The number of rotatable bonds is 3. The van der Waals surface area contributed by atoms with Crippen molar-refractivity contribution in [2.45, 2.75) is 13.5 Å². The summed E-state index contributed by atoms with van der Waals surface area (Å²) in [5.74, 6) is -2.02. The molecule has 19 heavy (non-hydrogen) atoms. The summed E-state index contributed by atoms with van der Waals surface area (Å²) in [6.45, 7) is 5.38. The van der Waals surface area contributed by atoms with Gasteiger partial charge in [0.15, 0.2) is 5.56 Å². The Morgan fingerprint density at radius 2 is 2.21 bits per heavy atom. The number of allylic oxidation sites excluding steroid dienone is 1. The summed E-state index contributed by atoms with van der Waals surface area (Å²) in [6.07, 6.45) is 1.47. The second kappa shape index (κ2) is 4.56. The molecule has 6 heteroatoms. The van der Waals surface area contributed by atoms with E-state index in [1.165, 1.54) is 10.6 Å². The van der Waals surface area contributed by atoms with Crippen LogP contribution in [0.2, 0.25) is 0 Å². The lowest BCUT2D eigenvalue weighted by Crippen LogP contribution is -2.27. The lowest BCUT2D eigenvalue weighted by Gasteiger charge is -2.11. The van der Waals surface area contributed by atoms with Crippen molar-refractivity contribution in [1.29, 1.82) is 0 Å². The van der Waals surface area contributed by atoms with Gasteiger partial charge in [0.25, 0.3) is 5.56 Å². The van der Waals surface area contributed by atoms with Gasteiger partial charge in [-0.25, -0.2) is 9.78 Å². The molecule has 0 aliphatic carbocycles. The number of carbonyl (C=O) groups is 1. The maximum atomic E-state index is 12.1. The molecule has 0 radical (unpaired) electrons. The van der Waals surface area contributed by atoms with Crippen LogP contribution in [0.4, 0.5) is 0 Å². The van der Waals surface area contributed by atoms with E-state index in [4.69, 9.17) is 5.11 Å². The molecule has 0 aliphatic heterocycles. The zero-order valence-electron chi connectivity index (χ0n) is 10.3. The zero-order chi connectivity index (χ0) is 14.2. The number of aryl methyl sites for hydroxylation is 1. The van der Waals surface area contributed by atoms with Crippen LogP contribution >= 0.6 is 0 Å². The Balaban J connectivity index is 3.03. The van der Waals surface area contributed by atoms with Crippen molar-refractivity contribution in [2.75, 3.05) is 0 Å². The minimum atomic E-state index is -1.47. The molecule has 0 spiro atoms. The smallest absolute Gasteiger partial charge is 0.345 e. The Kier molecular flexibility index (Phi) is 3.08. The monoisotopic (exact) mass is 260 g/mol. The van der Waals surface area contributed by atoms with E-state index in [-0.39, 0.29) is 17.6 Å². The highest BCUT2D eigenvalue weighted by molar-refractivity contribution is 5.97. The van der Waals surface area contributed by atoms with Crippen molar-refractivity contribution in [3.05, 3.63) is 46.4 Å². The van der Waals surface area contributed by atoms with E-state index >= 15 is 0 Å². The molecule has 2 aromatic rings. The molecular weight excluding hydrogens is 248 g/mol. The summed E-state index contributed by atoms with van der Waals surface area (Å²) >= 11 is 0. The van der Waals surface area contributed by atoms with Gasteiger partial charge in [0, 0.05) is 12.2 Å². The molecular formula is C13H12N2O4. The molecule has 2 N–H and O–H groups in total. The van der Waals surface area contributed by atoms with E-state index in [0.29, 0.717) is 5.69 Å². The zero-order valence-corrected chi connectivity index (χ0v) is 10.3. The SMILES string of the molecule is C=CCn1c(=O)c(C(=O)O)c(O)c2ccc(C)nc21. The van der Waals surface area contributed by atoms with E-state index in [1.54, 1.807) is 19.1 Å². The molecule has 0 amide bonds. The second-order valence-electron chi connectivity index (χ2n) is 4.06. The first-order valence-electron chi connectivity index (χ1n) is 5.54. The van der Waals surface area contributed by atoms with Gasteiger partial charge >= 0.3 is 5.97 Å². The summed E-state index contributed by atoms with van der Waals surface area (Å²) in [7, 11) is 0. The Labute approximate surface area is 108 Å². The molecule has 0 aliphatic rings. The van der Waals surface area contributed by atoms with Gasteiger partial charge in [-0.3, -0.25) is 9.36 Å². The third-order valence-electron chi connectivity index (χ3n) is 2.75. The normalized spacial score (nSPS) is 10.6. The van der Waals surface area contributed by atoms with Gasteiger partial charge in [0.1, 0.15) is 11.4 Å². The Morgan fingerprint density at radius 1 is 1.53 bits per heavy atom. The van der Waals surface area contributed by atoms with Gasteiger partial charge in [-0.2, -0.15) is 0 Å². The van der Waals surface area contributed by atoms with E-state index in [2.05, 4.69) is 11.6 Å². The number of carboxylic acids is 1. The van der Waals surface area contributed by atoms with Crippen LogP contribution < -0.4 is 5.56 Å². The first-order valence-corrected chi connectivity index (χ1v) is 5.54. The quantitative estimate of drug-likeness (QED) is 0.811. The molecule has 0 atom stereocenters. The molecule has 0 saturated carbocycles. The number of fused-ring (bicyclic) bond motifs is 1. The van der Waals surface area contributed by atoms with Crippen LogP contribution in [-0.4, -0.2) is 25.7 Å². The fourth-order valence-electron chi connectivity index (χ4n) is 1.89. The molecule has 0 aromatic carbocycles. The van der Waals surface area contributed by atoms with E-state index in [9.17, 15) is 14.7 Å². The summed E-state index contributed by atoms with van der Waals surface area (Å²) in [6, 6.07) is 3.18. The number of pyridine rings is 2. The molecule has 0 unspecified atom stereocenters. The Morgan fingerprint density at radius 3 is 2.79 bits per heavy atom. The number of nitrogens with zero attached hydrogens (tertiary/aromatic N) is 2. The average Bonchev–Trinajstić information content (AvgIpc) is 2.34. The van der Waals surface area contributed by atoms with E-state index in [0.717, 1.165) is 0 Å². The molecule has 2 aromatic heterocycles. The largest absolute Gasteiger partial charge is 0.506 e. The number of aromatic nitrogens is 2. The molecule has 0 bridgehead atoms. The molecule has 0 saturated heterocycles. The highest BCUT2D eigenvalue weighted by atomic mass is 16.4. The van der Waals surface area contributed by atoms with E-state index < -0.39 is 22.8 Å². The van der Waals surface area contributed by atoms with Gasteiger partial charge in [-0.05, 0) is 19.1 Å². The predicted octanol–water partition coefficient (Wildman–Crippen LogP) is 1.29. The van der Waals surface area contributed by atoms with Crippen LogP contribution in [0.25, 0.3) is 11.0 Å². The number of hydrogen-bond acceptors (Lipinski definition) is 4. The van der Waals surface area contributed by atoms with Gasteiger partial charge < -0.3 is 10.2 Å². The highest BCUT2D eigenvalue weighted by Crippen LogP contribution is 2.25. The highest BCUT2D eigenvalue weighted by Gasteiger charge is 2.21. The Bertz CT molecular complexity index is 746. The Hall–Kier alpha value is -2.63. The van der Waals surface area contributed by atoms with Crippen LogP contribution in [0.3, 0.4) is 0 Å². The predicted molar refractivity (Wildman–Crippen MR) is 69.6 cm³/mol. The summed E-state index contributed by atoms with van der Waals surface area (Å²) < 4.78 is 1.18. The van der Waals surface area contributed by atoms with Crippen LogP contribution in [0.1, 0.15) is 16.1 Å². The third kappa shape index (κ3) is 1.97. The van der Waals surface area contributed by atoms with Crippen molar-refractivity contribution in [1.82, 2.24) is 9.55 Å². The lowest BCUT2D eigenvalue weighted by molar-refractivity contribution is 0.0691. The molecule has 2 heterocycles. The molecule has 6 nitrogen and oxygen atoms in total. The first-order chi connectivity index (χ1) is 8.97. The topological polar surface area (TPSA) is 92.4 Å². The maximum absolute atomic E-state index is 12.1. The van der Waals surface area contributed by atoms with Gasteiger partial charge in [-0.15, -0.1) is 6.58 Å². The standard InChI is InChI=1S/C13H12N2O4/c1-3-6-15-11-8(5-4-7(2)14-11)10(16)9(12(15)17)13(18)19/h3-5,16H,1,6H2,2H3,(H,18,19). The van der Waals surface area contributed by atoms with Gasteiger partial charge in [0.2, 0.25) is 0 Å². The maximum Gasteiger partial charge on any atom is 0.345 e. The van der Waals surface area contributed by atoms with Crippen LogP contribution in [0, 0.1) is 6.92 Å². The van der Waals surface area contributed by atoms with Gasteiger partial charge in [-0.1, -0.05) is 6.08 Å². The van der Waals surface area contributed by atoms with E-state index in [1.807, 2.05) is 0 Å². The van der Waals surface area contributed by atoms with Gasteiger partial charge in [0.05, 0.1) is 5.39 Å². The minimum absolute atomic E-state index is 0.117. The summed E-state index contributed by atoms with van der Waals surface area (Å²) in [5, 5.41) is 19.2. The van der Waals surface area contributed by atoms with Crippen molar-refractivity contribution < 1.29 is 15.0 Å². The summed E-state index contributed by atoms with van der Waals surface area (Å²) in [5.41, 5.74) is -0.546. The van der Waals surface area contributed by atoms with Crippen LogP contribution in [-0.2, 0) is 6.54 Å². The van der Waals surface area contributed by atoms with Crippen molar-refractivity contribution in [3.8, 4) is 5.75 Å². The molecule has 0 fully saturated rings. The average molecular weight is 260 g/mol. The third-order valence-corrected chi connectivity index (χ3v) is 2.75. The number of aromatic carboxylic acids is 1. The summed E-state index contributed by atoms with van der Waals surface area (Å²) in [4.78, 5) is 27.3. The molecule has 2 rings (SSSR count). The number of hydrogen-bond donors (Lipinski definition) is 2. The fraction of sp³-hybridized carbons (Fsp3) is 0.154. The second-order valence-corrected chi connectivity index (χ2v) is 4.06. The van der Waals surface area contributed by atoms with Crippen LogP contribution in [0.15, 0.2) is 29.6 Å². The van der Waals surface area contributed by atoms with Crippen LogP contribution in [0.5, 0.6) is 5.75 Å². The number of carboxylic acid groups (broad SMARTS) is 1. The minimum Gasteiger partial charge on any atom is -0.506 e. The lowest BCUT2D eigenvalue weighted by atomic mass is 10.1. The van der Waals surface area contributed by atoms with Crippen molar-refractivity contribution in [2.24, 2.45) is 0 Å². The van der Waals surface area contributed by atoms with Crippen molar-refractivity contribution >= 4 is 17.0 Å². The molecule has 98 valence electrons. The number of aromatic hydroxyl groups is 1.